The smallest absolute Gasteiger partial charge is 0.266 e. The molecule has 4 aromatic rings. The minimum atomic E-state index is -0.380. The number of anilines is 1. The van der Waals surface area contributed by atoms with Gasteiger partial charge in [0.25, 0.3) is 11.5 Å². The molecule has 1 N–H and O–H groups in total. The number of aromatic nitrogens is 2. The zero-order valence-electron chi connectivity index (χ0n) is 15.6. The van der Waals surface area contributed by atoms with Gasteiger partial charge in [0.15, 0.2) is 0 Å². The van der Waals surface area contributed by atoms with E-state index in [0.29, 0.717) is 37.8 Å². The fourth-order valence-electron chi connectivity index (χ4n) is 2.89. The van der Waals surface area contributed by atoms with Gasteiger partial charge in [0, 0.05) is 18.8 Å². The summed E-state index contributed by atoms with van der Waals surface area (Å²) in [5, 5.41) is 3.28. The van der Waals surface area contributed by atoms with Crippen molar-refractivity contribution in [2.24, 2.45) is 7.05 Å². The SMILES string of the molecule is Cc1c(C(=O)Nc2ccc(Oc3cccc(F)c3)cc2)sc2ncn(C)c(=O)c12. The molecular weight excluding hydrogens is 393 g/mol. The number of hydrogen-bond acceptors (Lipinski definition) is 5. The third-order valence-corrected chi connectivity index (χ3v) is 5.56. The van der Waals surface area contributed by atoms with Crippen LogP contribution in [0.25, 0.3) is 10.2 Å². The highest BCUT2D eigenvalue weighted by molar-refractivity contribution is 7.20. The van der Waals surface area contributed by atoms with Crippen molar-refractivity contribution < 1.29 is 13.9 Å². The van der Waals surface area contributed by atoms with Crippen LogP contribution in [0.15, 0.2) is 59.7 Å². The second-order valence-corrected chi connectivity index (χ2v) is 7.43. The van der Waals surface area contributed by atoms with Gasteiger partial charge in [-0.1, -0.05) is 6.07 Å². The first-order valence-electron chi connectivity index (χ1n) is 8.72. The predicted molar refractivity (Wildman–Crippen MR) is 110 cm³/mol. The number of rotatable bonds is 4. The molecule has 2 aromatic carbocycles. The first-order valence-corrected chi connectivity index (χ1v) is 9.53. The zero-order valence-corrected chi connectivity index (χ0v) is 16.4. The Morgan fingerprint density at radius 1 is 1.17 bits per heavy atom. The average molecular weight is 409 g/mol. The highest BCUT2D eigenvalue weighted by Gasteiger charge is 2.19. The Kier molecular flexibility index (Phi) is 4.85. The molecule has 2 heterocycles. The third kappa shape index (κ3) is 3.74. The van der Waals surface area contributed by atoms with E-state index in [-0.39, 0.29) is 17.3 Å². The monoisotopic (exact) mass is 409 g/mol. The molecule has 0 atom stereocenters. The molecule has 4 rings (SSSR count). The summed E-state index contributed by atoms with van der Waals surface area (Å²) in [6.07, 6.45) is 1.44. The van der Waals surface area contributed by atoms with Crippen molar-refractivity contribution in [3.63, 3.8) is 0 Å². The topological polar surface area (TPSA) is 73.2 Å². The Balaban J connectivity index is 1.53. The van der Waals surface area contributed by atoms with Gasteiger partial charge in [-0.25, -0.2) is 9.37 Å². The summed E-state index contributed by atoms with van der Waals surface area (Å²) >= 11 is 1.18. The van der Waals surface area contributed by atoms with Crippen LogP contribution >= 0.6 is 11.3 Å². The minimum Gasteiger partial charge on any atom is -0.457 e. The van der Waals surface area contributed by atoms with Crippen molar-refractivity contribution >= 4 is 33.1 Å². The van der Waals surface area contributed by atoms with Gasteiger partial charge in [0.2, 0.25) is 0 Å². The summed E-state index contributed by atoms with van der Waals surface area (Å²) in [5.41, 5.74) is 1.00. The number of benzene rings is 2. The molecule has 0 unspecified atom stereocenters. The second kappa shape index (κ2) is 7.48. The molecule has 0 spiro atoms. The van der Waals surface area contributed by atoms with E-state index in [1.807, 2.05) is 0 Å². The van der Waals surface area contributed by atoms with Crippen molar-refractivity contribution in [3.8, 4) is 11.5 Å². The summed E-state index contributed by atoms with van der Waals surface area (Å²) in [5.74, 6) is 0.205. The lowest BCUT2D eigenvalue weighted by molar-refractivity contribution is 0.103. The molecule has 0 fully saturated rings. The molecule has 0 aliphatic heterocycles. The molecule has 1 amide bonds. The van der Waals surface area contributed by atoms with Crippen LogP contribution in [0.2, 0.25) is 0 Å². The molecule has 0 bridgehead atoms. The summed E-state index contributed by atoms with van der Waals surface area (Å²) in [6.45, 7) is 1.74. The Hall–Kier alpha value is -3.52. The molecule has 0 saturated heterocycles. The summed E-state index contributed by atoms with van der Waals surface area (Å²) < 4.78 is 20.2. The Labute approximate surface area is 169 Å². The van der Waals surface area contributed by atoms with Crippen LogP contribution < -0.4 is 15.6 Å². The Morgan fingerprint density at radius 3 is 2.66 bits per heavy atom. The number of nitrogens with one attached hydrogen (secondary N) is 1. The lowest BCUT2D eigenvalue weighted by atomic mass is 10.2. The van der Waals surface area contributed by atoms with Gasteiger partial charge in [-0.2, -0.15) is 0 Å². The number of thiophene rings is 1. The van der Waals surface area contributed by atoms with E-state index >= 15 is 0 Å². The first kappa shape index (κ1) is 18.8. The van der Waals surface area contributed by atoms with Crippen LogP contribution in [-0.4, -0.2) is 15.5 Å². The highest BCUT2D eigenvalue weighted by Crippen LogP contribution is 2.28. The van der Waals surface area contributed by atoms with Crippen LogP contribution in [0.4, 0.5) is 10.1 Å². The number of halogens is 1. The quantitative estimate of drug-likeness (QED) is 0.539. The van der Waals surface area contributed by atoms with Gasteiger partial charge < -0.3 is 14.6 Å². The normalized spacial score (nSPS) is 10.9. The number of aryl methyl sites for hydroxylation is 2. The molecule has 146 valence electrons. The van der Waals surface area contributed by atoms with Crippen molar-refractivity contribution in [2.75, 3.05) is 5.32 Å². The lowest BCUT2D eigenvalue weighted by Gasteiger charge is -2.08. The molecule has 2 aromatic heterocycles. The summed E-state index contributed by atoms with van der Waals surface area (Å²) in [7, 11) is 1.62. The van der Waals surface area contributed by atoms with Gasteiger partial charge in [-0.3, -0.25) is 9.59 Å². The zero-order chi connectivity index (χ0) is 20.5. The fraction of sp³-hybridized carbons (Fsp3) is 0.0952. The lowest BCUT2D eigenvalue weighted by Crippen LogP contribution is -2.17. The van der Waals surface area contributed by atoms with Crippen molar-refractivity contribution in [1.82, 2.24) is 9.55 Å². The van der Waals surface area contributed by atoms with Crippen LogP contribution in [0.1, 0.15) is 15.2 Å². The number of carbonyl (C=O) groups is 1. The standard InChI is InChI=1S/C21H16FN3O3S/c1-12-17-20(23-11-25(2)21(17)27)29-18(12)19(26)24-14-6-8-15(9-7-14)28-16-5-3-4-13(22)10-16/h3-11H,1-2H3,(H,24,26). The van der Waals surface area contributed by atoms with E-state index in [4.69, 9.17) is 4.74 Å². The van der Waals surface area contributed by atoms with Gasteiger partial charge in [-0.05, 0) is 48.9 Å². The average Bonchev–Trinajstić information content (AvgIpc) is 3.04. The first-order chi connectivity index (χ1) is 13.9. The van der Waals surface area contributed by atoms with Crippen molar-refractivity contribution in [3.05, 3.63) is 81.5 Å². The molecule has 6 nitrogen and oxygen atoms in total. The predicted octanol–water partition coefficient (Wildman–Crippen LogP) is 4.49. The largest absolute Gasteiger partial charge is 0.457 e. The fourth-order valence-corrected chi connectivity index (χ4v) is 3.92. The number of fused-ring (bicyclic) bond motifs is 1. The van der Waals surface area contributed by atoms with Crippen LogP contribution in [0.3, 0.4) is 0 Å². The van der Waals surface area contributed by atoms with Crippen LogP contribution in [0, 0.1) is 12.7 Å². The van der Waals surface area contributed by atoms with E-state index in [9.17, 15) is 14.0 Å². The van der Waals surface area contributed by atoms with Crippen LogP contribution in [0.5, 0.6) is 11.5 Å². The summed E-state index contributed by atoms with van der Waals surface area (Å²) in [4.78, 5) is 30.2. The maximum atomic E-state index is 13.2. The molecule has 8 heteroatoms. The van der Waals surface area contributed by atoms with E-state index < -0.39 is 0 Å². The van der Waals surface area contributed by atoms with E-state index in [1.165, 1.54) is 34.4 Å². The number of ether oxygens (including phenoxy) is 1. The molecular formula is C21H16FN3O3S. The van der Waals surface area contributed by atoms with Gasteiger partial charge >= 0.3 is 0 Å². The van der Waals surface area contributed by atoms with E-state index in [0.717, 1.165) is 0 Å². The molecule has 29 heavy (non-hydrogen) atoms. The third-order valence-electron chi connectivity index (χ3n) is 4.36. The highest BCUT2D eigenvalue weighted by atomic mass is 32.1. The summed E-state index contributed by atoms with van der Waals surface area (Å²) in [6, 6.07) is 12.6. The number of carbonyl (C=O) groups excluding carboxylic acids is 1. The molecule has 0 aliphatic rings. The Bertz CT molecular complexity index is 1280. The molecule has 0 aliphatic carbocycles. The minimum absolute atomic E-state index is 0.179. The second-order valence-electron chi connectivity index (χ2n) is 6.43. The molecule has 0 saturated carbocycles. The van der Waals surface area contributed by atoms with Crippen molar-refractivity contribution in [1.29, 1.82) is 0 Å². The van der Waals surface area contributed by atoms with Crippen molar-refractivity contribution in [2.45, 2.75) is 6.92 Å². The van der Waals surface area contributed by atoms with Crippen LogP contribution in [-0.2, 0) is 7.05 Å². The maximum Gasteiger partial charge on any atom is 0.266 e. The van der Waals surface area contributed by atoms with Gasteiger partial charge in [-0.15, -0.1) is 11.3 Å². The van der Waals surface area contributed by atoms with Gasteiger partial charge in [0.1, 0.15) is 22.1 Å². The van der Waals surface area contributed by atoms with Gasteiger partial charge in [0.05, 0.1) is 16.6 Å². The number of hydrogen-bond donors (Lipinski definition) is 1. The maximum absolute atomic E-state index is 13.2. The van der Waals surface area contributed by atoms with E-state index in [2.05, 4.69) is 10.3 Å². The number of amides is 1. The number of nitrogens with zero attached hydrogens (tertiary/aromatic N) is 2. The molecule has 0 radical (unpaired) electrons. The van der Waals surface area contributed by atoms with E-state index in [1.54, 1.807) is 50.4 Å². The Morgan fingerprint density at radius 2 is 1.93 bits per heavy atom.